The molecule has 8 heteroatoms. The van der Waals surface area contributed by atoms with Crippen LogP contribution in [0.25, 0.3) is 11.1 Å². The molecule has 8 nitrogen and oxygen atoms in total. The summed E-state index contributed by atoms with van der Waals surface area (Å²) in [5, 5.41) is 3.47. The lowest BCUT2D eigenvalue weighted by molar-refractivity contribution is -0.137. The van der Waals surface area contributed by atoms with E-state index in [2.05, 4.69) is 11.4 Å². The third-order valence-electron chi connectivity index (χ3n) is 10.8. The molecule has 4 aromatic carbocycles. The van der Waals surface area contributed by atoms with Crippen molar-refractivity contribution in [2.24, 2.45) is 11.8 Å². The number of ether oxygens (including phenoxy) is 2. The summed E-state index contributed by atoms with van der Waals surface area (Å²) < 4.78 is 10.7. The van der Waals surface area contributed by atoms with Crippen LogP contribution in [0.1, 0.15) is 82.4 Å². The number of esters is 1. The Morgan fingerprint density at radius 1 is 0.698 bits per heavy atom. The van der Waals surface area contributed by atoms with Crippen molar-refractivity contribution in [3.05, 3.63) is 131 Å². The minimum atomic E-state index is -0.403. The van der Waals surface area contributed by atoms with E-state index in [0.29, 0.717) is 30.8 Å². The van der Waals surface area contributed by atoms with Crippen LogP contribution >= 0.6 is 0 Å². The van der Waals surface area contributed by atoms with Crippen molar-refractivity contribution in [3.63, 3.8) is 0 Å². The summed E-state index contributed by atoms with van der Waals surface area (Å²) in [6.07, 6.45) is 8.73. The Morgan fingerprint density at radius 3 is 2.06 bits per heavy atom. The van der Waals surface area contributed by atoms with E-state index in [1.54, 1.807) is 17.0 Å². The molecule has 0 saturated carbocycles. The molecule has 53 heavy (non-hydrogen) atoms. The predicted octanol–water partition coefficient (Wildman–Crippen LogP) is 7.91. The smallest absolute Gasteiger partial charge is 0.337 e. The zero-order chi connectivity index (χ0) is 36.8. The molecule has 4 aromatic rings. The van der Waals surface area contributed by atoms with Gasteiger partial charge in [0, 0.05) is 31.7 Å². The van der Waals surface area contributed by atoms with Gasteiger partial charge in [0.1, 0.15) is 6.61 Å². The molecule has 1 N–H and O–H groups in total. The highest BCUT2D eigenvalue weighted by Gasteiger charge is 2.24. The first-order valence-electron chi connectivity index (χ1n) is 19.2. The molecule has 0 bridgehead atoms. The summed E-state index contributed by atoms with van der Waals surface area (Å²) in [6, 6.07) is 33.0. The van der Waals surface area contributed by atoms with Crippen molar-refractivity contribution in [1.82, 2.24) is 15.1 Å². The van der Waals surface area contributed by atoms with Crippen LogP contribution in [0.15, 0.2) is 103 Å². The fourth-order valence-corrected chi connectivity index (χ4v) is 7.61. The van der Waals surface area contributed by atoms with Gasteiger partial charge in [0.25, 0.3) is 5.91 Å². The van der Waals surface area contributed by atoms with Gasteiger partial charge in [-0.25, -0.2) is 4.79 Å². The average molecular weight is 716 g/mol. The van der Waals surface area contributed by atoms with Crippen LogP contribution in [0, 0.1) is 11.8 Å². The number of hydrogen-bond donors (Lipinski definition) is 1. The van der Waals surface area contributed by atoms with Gasteiger partial charge in [-0.05, 0) is 109 Å². The van der Waals surface area contributed by atoms with Gasteiger partial charge in [-0.1, -0.05) is 92.1 Å². The van der Waals surface area contributed by atoms with Gasteiger partial charge in [0.2, 0.25) is 5.91 Å². The number of nitrogens with one attached hydrogen (secondary N) is 1. The largest absolute Gasteiger partial charge is 0.465 e. The monoisotopic (exact) mass is 715 g/mol. The molecule has 0 radical (unpaired) electrons. The highest BCUT2D eigenvalue weighted by molar-refractivity contribution is 5.95. The van der Waals surface area contributed by atoms with Crippen LogP contribution in [0.4, 0.5) is 0 Å². The Bertz CT molecular complexity index is 1780. The van der Waals surface area contributed by atoms with Gasteiger partial charge in [0.15, 0.2) is 0 Å². The molecule has 2 amide bonds. The minimum absolute atomic E-state index is 0.0609. The maximum Gasteiger partial charge on any atom is 0.337 e. The van der Waals surface area contributed by atoms with Gasteiger partial charge < -0.3 is 24.6 Å². The van der Waals surface area contributed by atoms with Crippen molar-refractivity contribution in [1.29, 1.82) is 0 Å². The van der Waals surface area contributed by atoms with Gasteiger partial charge in [-0.3, -0.25) is 9.59 Å². The van der Waals surface area contributed by atoms with Gasteiger partial charge in [-0.15, -0.1) is 0 Å². The maximum atomic E-state index is 13.7. The lowest BCUT2D eigenvalue weighted by atomic mass is 9.87. The summed E-state index contributed by atoms with van der Waals surface area (Å²) in [7, 11) is 1.36. The molecule has 2 fully saturated rings. The van der Waals surface area contributed by atoms with Crippen molar-refractivity contribution in [2.45, 2.75) is 64.6 Å². The van der Waals surface area contributed by atoms with E-state index >= 15 is 0 Å². The first kappa shape index (κ1) is 38.0. The van der Waals surface area contributed by atoms with Crippen LogP contribution in [-0.2, 0) is 34.0 Å². The quantitative estimate of drug-likeness (QED) is 0.126. The van der Waals surface area contributed by atoms with Crippen molar-refractivity contribution < 1.29 is 23.9 Å². The summed E-state index contributed by atoms with van der Waals surface area (Å²) in [5.74, 6) is 1.16. The number of amides is 2. The lowest BCUT2D eigenvalue weighted by Gasteiger charge is -2.32. The van der Waals surface area contributed by atoms with Crippen LogP contribution in [0.3, 0.4) is 0 Å². The maximum absolute atomic E-state index is 13.7. The van der Waals surface area contributed by atoms with Crippen molar-refractivity contribution >= 4 is 17.8 Å². The molecule has 2 aliphatic heterocycles. The van der Waals surface area contributed by atoms with Gasteiger partial charge in [0.05, 0.1) is 19.3 Å². The molecule has 2 heterocycles. The molecule has 0 atom stereocenters. The van der Waals surface area contributed by atoms with Gasteiger partial charge in [-0.2, -0.15) is 0 Å². The van der Waals surface area contributed by atoms with E-state index in [1.165, 1.54) is 52.3 Å². The van der Waals surface area contributed by atoms with Crippen molar-refractivity contribution in [2.75, 3.05) is 39.9 Å². The van der Waals surface area contributed by atoms with E-state index in [9.17, 15) is 14.4 Å². The predicted molar refractivity (Wildman–Crippen MR) is 208 cm³/mol. The zero-order valence-corrected chi connectivity index (χ0v) is 31.0. The third-order valence-corrected chi connectivity index (χ3v) is 10.8. The number of benzene rings is 4. The molecule has 2 aliphatic rings. The molecule has 278 valence electrons. The van der Waals surface area contributed by atoms with Gasteiger partial charge >= 0.3 is 5.97 Å². The third kappa shape index (κ3) is 11.1. The van der Waals surface area contributed by atoms with Crippen LogP contribution in [0.2, 0.25) is 0 Å². The Balaban J connectivity index is 1.08. The first-order chi connectivity index (χ1) is 25.9. The molecule has 6 rings (SSSR count). The van der Waals surface area contributed by atoms with E-state index in [0.717, 1.165) is 65.6 Å². The van der Waals surface area contributed by atoms with Crippen molar-refractivity contribution in [3.8, 4) is 11.1 Å². The zero-order valence-electron chi connectivity index (χ0n) is 31.0. The van der Waals surface area contributed by atoms with Crippen LogP contribution in [-0.4, -0.2) is 67.5 Å². The SMILES string of the molecule is COC(=O)c1ccc(CN(Cc2cccc(-c3cccc(C(=O)N4CCC(CCCC5CCNCC5)CC4)c3)c2)C(=O)COCc2ccccc2)cc1. The fourth-order valence-electron chi connectivity index (χ4n) is 7.61. The number of hydrogen-bond acceptors (Lipinski definition) is 6. The standard InChI is InChI=1S/C45H53N3O5/c1-52-45(51)39-18-16-36(17-19-39)30-48(43(49)33-53-32-37-8-3-2-4-9-37)31-38-12-6-13-40(28-38)41-14-7-15-42(29-41)44(50)47-26-22-35(23-27-47)11-5-10-34-20-24-46-25-21-34/h2-4,6-9,12-19,28-29,34-35,46H,5,10-11,20-27,30-33H2,1H3. The van der Waals surface area contributed by atoms with E-state index in [4.69, 9.17) is 9.47 Å². The Hall–Kier alpha value is -4.79. The number of carbonyl (C=O) groups is 3. The second-order valence-corrected chi connectivity index (χ2v) is 14.6. The van der Waals surface area contributed by atoms with Crippen LogP contribution < -0.4 is 5.32 Å². The number of methoxy groups -OCH3 is 1. The molecular formula is C45H53N3O5. The molecule has 0 aromatic heterocycles. The fraction of sp³-hybridized carbons (Fsp3) is 0.400. The Morgan fingerprint density at radius 2 is 1.34 bits per heavy atom. The highest BCUT2D eigenvalue weighted by atomic mass is 16.5. The first-order valence-corrected chi connectivity index (χ1v) is 19.2. The van der Waals surface area contributed by atoms with E-state index in [1.807, 2.05) is 89.8 Å². The number of rotatable bonds is 15. The summed E-state index contributed by atoms with van der Waals surface area (Å²) in [5.41, 5.74) is 5.97. The summed E-state index contributed by atoms with van der Waals surface area (Å²) in [6.45, 7) is 4.97. The number of nitrogens with zero attached hydrogens (tertiary/aromatic N) is 2. The molecule has 2 saturated heterocycles. The van der Waals surface area contributed by atoms with Crippen LogP contribution in [0.5, 0.6) is 0 Å². The lowest BCUT2D eigenvalue weighted by Crippen LogP contribution is -2.38. The summed E-state index contributed by atoms with van der Waals surface area (Å²) >= 11 is 0. The second kappa shape index (κ2) is 19.3. The normalized spacial score (nSPS) is 15.2. The average Bonchev–Trinajstić information content (AvgIpc) is 3.21. The van der Waals surface area contributed by atoms with E-state index in [-0.39, 0.29) is 18.4 Å². The number of likely N-dealkylation sites (tertiary alicyclic amines) is 1. The molecule has 0 unspecified atom stereocenters. The Kier molecular flexibility index (Phi) is 13.8. The minimum Gasteiger partial charge on any atom is -0.465 e. The molecule has 0 aliphatic carbocycles. The summed E-state index contributed by atoms with van der Waals surface area (Å²) in [4.78, 5) is 43.1. The second-order valence-electron chi connectivity index (χ2n) is 14.6. The Labute approximate surface area is 314 Å². The number of carbonyl (C=O) groups excluding carboxylic acids is 3. The molecular weight excluding hydrogens is 663 g/mol. The van der Waals surface area contributed by atoms with E-state index < -0.39 is 5.97 Å². The highest BCUT2D eigenvalue weighted by Crippen LogP contribution is 2.28. The molecule has 0 spiro atoms. The topological polar surface area (TPSA) is 88.2 Å². The number of piperidine rings is 2.